The number of benzene rings is 1. The van der Waals surface area contributed by atoms with E-state index in [0.717, 1.165) is 38.6 Å². The van der Waals surface area contributed by atoms with Gasteiger partial charge in [0.1, 0.15) is 0 Å². The molecule has 1 saturated carbocycles. The van der Waals surface area contributed by atoms with Crippen LogP contribution >= 0.6 is 0 Å². The number of hydrogen-bond acceptors (Lipinski definition) is 4. The van der Waals surface area contributed by atoms with Crippen LogP contribution in [0.15, 0.2) is 30.3 Å². The van der Waals surface area contributed by atoms with Crippen molar-refractivity contribution in [1.29, 1.82) is 0 Å². The van der Waals surface area contributed by atoms with Gasteiger partial charge < -0.3 is 9.84 Å². The van der Waals surface area contributed by atoms with Gasteiger partial charge in [0.15, 0.2) is 12.2 Å². The summed E-state index contributed by atoms with van der Waals surface area (Å²) in [5.41, 5.74) is -0.964. The maximum atomic E-state index is 12.8. The molecule has 0 amide bonds. The molecule has 0 aliphatic heterocycles. The molecule has 25 heavy (non-hydrogen) atoms. The van der Waals surface area contributed by atoms with Crippen LogP contribution < -0.4 is 0 Å². The predicted octanol–water partition coefficient (Wildman–Crippen LogP) is 2.95. The zero-order valence-electron chi connectivity index (χ0n) is 15.3. The Morgan fingerprint density at radius 1 is 1.24 bits per heavy atom. The predicted molar refractivity (Wildman–Crippen MR) is 98.8 cm³/mol. The first-order valence-corrected chi connectivity index (χ1v) is 9.18. The van der Waals surface area contributed by atoms with Crippen LogP contribution in [-0.4, -0.2) is 42.7 Å². The summed E-state index contributed by atoms with van der Waals surface area (Å²) in [6, 6.07) is 9.18. The molecule has 4 heteroatoms. The van der Waals surface area contributed by atoms with Gasteiger partial charge in [0.25, 0.3) is 0 Å². The molecule has 1 aliphatic carbocycles. The summed E-state index contributed by atoms with van der Waals surface area (Å²) in [5, 5.41) is 11.3. The largest absolute Gasteiger partial charge is 0.450 e. The lowest BCUT2D eigenvalue weighted by molar-refractivity contribution is -0.174. The molecule has 0 unspecified atom stereocenters. The molecule has 1 atom stereocenters. The van der Waals surface area contributed by atoms with E-state index in [1.165, 1.54) is 0 Å². The fourth-order valence-corrected chi connectivity index (χ4v) is 3.30. The smallest absolute Gasteiger partial charge is 0.344 e. The van der Waals surface area contributed by atoms with Crippen LogP contribution in [0.3, 0.4) is 0 Å². The lowest BCUT2D eigenvalue weighted by Gasteiger charge is -2.36. The molecule has 2 rings (SSSR count). The Kier molecular flexibility index (Phi) is 7.49. The Balaban J connectivity index is 2.08. The Morgan fingerprint density at radius 3 is 2.56 bits per heavy atom. The minimum Gasteiger partial charge on any atom is -0.450 e. The molecular formula is C21H29NO3. The second kappa shape index (κ2) is 9.60. The van der Waals surface area contributed by atoms with Gasteiger partial charge >= 0.3 is 5.97 Å². The summed E-state index contributed by atoms with van der Waals surface area (Å²) in [6.45, 7) is 3.63. The van der Waals surface area contributed by atoms with Gasteiger partial charge in [-0.05, 0) is 32.0 Å². The van der Waals surface area contributed by atoms with Crippen molar-refractivity contribution in [3.63, 3.8) is 0 Å². The third kappa shape index (κ3) is 5.07. The van der Waals surface area contributed by atoms with E-state index in [9.17, 15) is 9.90 Å². The van der Waals surface area contributed by atoms with Gasteiger partial charge in [-0.25, -0.2) is 4.79 Å². The highest BCUT2D eigenvalue weighted by Crippen LogP contribution is 2.40. The lowest BCUT2D eigenvalue weighted by atomic mass is 9.73. The third-order valence-electron chi connectivity index (χ3n) is 5.01. The number of carbonyl (C=O) groups is 1. The van der Waals surface area contributed by atoms with Crippen molar-refractivity contribution in [3.05, 3.63) is 35.9 Å². The maximum Gasteiger partial charge on any atom is 0.344 e. The fraction of sp³-hybridized carbons (Fsp3) is 0.571. The van der Waals surface area contributed by atoms with E-state index in [2.05, 4.69) is 23.7 Å². The first-order chi connectivity index (χ1) is 12.1. The zero-order chi connectivity index (χ0) is 18.1. The summed E-state index contributed by atoms with van der Waals surface area (Å²) in [5.74, 6) is 5.16. The van der Waals surface area contributed by atoms with E-state index >= 15 is 0 Å². The highest BCUT2D eigenvalue weighted by molar-refractivity contribution is 5.81. The summed E-state index contributed by atoms with van der Waals surface area (Å²) in [7, 11) is 1.98. The average Bonchev–Trinajstić information content (AvgIpc) is 2.68. The van der Waals surface area contributed by atoms with Crippen LogP contribution in [0.4, 0.5) is 0 Å². The Hall–Kier alpha value is -1.83. The minimum absolute atomic E-state index is 0.0122. The number of esters is 1. The maximum absolute atomic E-state index is 12.8. The van der Waals surface area contributed by atoms with E-state index in [-0.39, 0.29) is 12.5 Å². The molecule has 1 fully saturated rings. The summed E-state index contributed by atoms with van der Waals surface area (Å²) in [6.07, 6.45) is 4.92. The fourth-order valence-electron chi connectivity index (χ4n) is 3.30. The number of ether oxygens (including phenoxy) is 1. The van der Waals surface area contributed by atoms with Gasteiger partial charge in [-0.1, -0.05) is 68.4 Å². The monoisotopic (exact) mass is 343 g/mol. The number of carbonyl (C=O) groups excluding carboxylic acids is 1. The molecule has 0 radical (unpaired) electrons. The molecule has 1 aliphatic rings. The van der Waals surface area contributed by atoms with Crippen molar-refractivity contribution in [1.82, 2.24) is 4.90 Å². The van der Waals surface area contributed by atoms with Crippen molar-refractivity contribution in [2.75, 3.05) is 26.7 Å². The van der Waals surface area contributed by atoms with E-state index < -0.39 is 11.6 Å². The molecular weight excluding hydrogens is 314 g/mol. The molecule has 0 spiro atoms. The molecule has 4 nitrogen and oxygen atoms in total. The number of nitrogens with zero attached hydrogens (tertiary/aromatic N) is 1. The van der Waals surface area contributed by atoms with Gasteiger partial charge in [-0.2, -0.15) is 0 Å². The quantitative estimate of drug-likeness (QED) is 0.637. The molecule has 1 N–H and O–H groups in total. The zero-order valence-corrected chi connectivity index (χ0v) is 15.3. The van der Waals surface area contributed by atoms with Gasteiger partial charge in [-0.15, -0.1) is 0 Å². The molecule has 1 aromatic rings. The molecule has 0 aromatic heterocycles. The lowest BCUT2D eigenvalue weighted by Crippen LogP contribution is -2.45. The second-order valence-corrected chi connectivity index (χ2v) is 6.73. The highest BCUT2D eigenvalue weighted by atomic mass is 16.5. The van der Waals surface area contributed by atoms with Crippen LogP contribution in [0.5, 0.6) is 0 Å². The Morgan fingerprint density at radius 2 is 1.92 bits per heavy atom. The van der Waals surface area contributed by atoms with Crippen LogP contribution in [0, 0.1) is 17.8 Å². The van der Waals surface area contributed by atoms with E-state index in [0.29, 0.717) is 12.1 Å². The van der Waals surface area contributed by atoms with Gasteiger partial charge in [-0.3, -0.25) is 4.90 Å². The molecule has 0 saturated heterocycles. The van der Waals surface area contributed by atoms with Crippen LogP contribution in [0.1, 0.15) is 44.6 Å². The summed E-state index contributed by atoms with van der Waals surface area (Å²) >= 11 is 0. The molecule has 136 valence electrons. The van der Waals surface area contributed by atoms with Gasteiger partial charge in [0.05, 0.1) is 6.54 Å². The minimum atomic E-state index is -1.58. The SMILES string of the molecule is CCN(C)CC#CCOC(=O)[C@@](O)(c1ccccc1)C1CCCCC1. The summed E-state index contributed by atoms with van der Waals surface area (Å²) < 4.78 is 5.35. The standard InChI is InChI=1S/C21H29NO3/c1-3-22(2)16-10-11-17-25-20(23)21(24,18-12-6-4-7-13-18)19-14-8-5-9-15-19/h4,6-7,12-13,19,24H,3,5,8-9,14-17H2,1-2H3/t21-/m1/s1. The van der Waals surface area contributed by atoms with Crippen LogP contribution in [-0.2, 0) is 15.1 Å². The van der Waals surface area contributed by atoms with Crippen molar-refractivity contribution in [3.8, 4) is 11.8 Å². The van der Waals surface area contributed by atoms with Crippen molar-refractivity contribution in [2.24, 2.45) is 5.92 Å². The van der Waals surface area contributed by atoms with Gasteiger partial charge in [0.2, 0.25) is 0 Å². The summed E-state index contributed by atoms with van der Waals surface area (Å²) in [4.78, 5) is 14.8. The normalized spacial score (nSPS) is 17.4. The second-order valence-electron chi connectivity index (χ2n) is 6.73. The van der Waals surface area contributed by atoms with Crippen molar-refractivity contribution < 1.29 is 14.6 Å². The first-order valence-electron chi connectivity index (χ1n) is 9.18. The number of aliphatic hydroxyl groups is 1. The van der Waals surface area contributed by atoms with Crippen molar-refractivity contribution >= 4 is 5.97 Å². The molecule has 1 aromatic carbocycles. The van der Waals surface area contributed by atoms with E-state index in [4.69, 9.17) is 4.74 Å². The van der Waals surface area contributed by atoms with E-state index in [1.807, 2.05) is 25.2 Å². The third-order valence-corrected chi connectivity index (χ3v) is 5.01. The Labute approximate surface area is 151 Å². The average molecular weight is 343 g/mol. The van der Waals surface area contributed by atoms with E-state index in [1.54, 1.807) is 12.1 Å². The van der Waals surface area contributed by atoms with Crippen LogP contribution in [0.25, 0.3) is 0 Å². The number of hydrogen-bond donors (Lipinski definition) is 1. The van der Waals surface area contributed by atoms with Crippen molar-refractivity contribution in [2.45, 2.75) is 44.6 Å². The number of rotatable bonds is 6. The molecule has 0 bridgehead atoms. The Bertz CT molecular complexity index is 599. The molecule has 0 heterocycles. The van der Waals surface area contributed by atoms with Gasteiger partial charge in [0, 0.05) is 5.92 Å². The first kappa shape index (κ1) is 19.5. The topological polar surface area (TPSA) is 49.8 Å². The highest BCUT2D eigenvalue weighted by Gasteiger charge is 2.46. The van der Waals surface area contributed by atoms with Crippen LogP contribution in [0.2, 0.25) is 0 Å².